The normalized spacial score (nSPS) is 41.0. The van der Waals surface area contributed by atoms with Crippen LogP contribution in [0.3, 0.4) is 0 Å². The molecule has 3 atom stereocenters. The van der Waals surface area contributed by atoms with Crippen molar-refractivity contribution in [2.45, 2.75) is 70.4 Å². The Kier molecular flexibility index (Phi) is 4.50. The number of aliphatic carboxylic acids is 1. The number of piperidine rings is 1. The number of carboxylic acids is 1. The maximum absolute atomic E-state index is 13.9. The lowest BCUT2D eigenvalue weighted by molar-refractivity contribution is -0.284. The molecule has 152 valence electrons. The maximum Gasteiger partial charge on any atom is 0.394 e. The smallest absolute Gasteiger partial charge is 0.394 e. The van der Waals surface area contributed by atoms with Crippen molar-refractivity contribution < 1.29 is 27.9 Å². The Morgan fingerprint density at radius 1 is 1.11 bits per heavy atom. The Labute approximate surface area is 157 Å². The van der Waals surface area contributed by atoms with Crippen LogP contribution in [0, 0.1) is 28.6 Å². The summed E-state index contributed by atoms with van der Waals surface area (Å²) in [5.41, 5.74) is -2.50. The third-order valence-corrected chi connectivity index (χ3v) is 7.69. The molecule has 4 nitrogen and oxygen atoms in total. The zero-order valence-electron chi connectivity index (χ0n) is 15.6. The summed E-state index contributed by atoms with van der Waals surface area (Å²) in [7, 11) is 0. The number of carboxylic acid groups (broad SMARTS) is 1. The summed E-state index contributed by atoms with van der Waals surface area (Å²) in [5, 5.41) is 8.89. The van der Waals surface area contributed by atoms with Crippen molar-refractivity contribution >= 4 is 11.9 Å². The molecule has 5 aliphatic rings. The van der Waals surface area contributed by atoms with Crippen molar-refractivity contribution in [3.63, 3.8) is 0 Å². The molecule has 7 heteroatoms. The van der Waals surface area contributed by atoms with Gasteiger partial charge in [-0.25, -0.2) is 0 Å². The summed E-state index contributed by atoms with van der Waals surface area (Å²) in [6, 6.07) is 0. The average molecular weight is 387 g/mol. The second-order valence-corrected chi connectivity index (χ2v) is 9.71. The fourth-order valence-corrected chi connectivity index (χ4v) is 6.99. The highest BCUT2D eigenvalue weighted by Gasteiger charge is 2.69. The van der Waals surface area contributed by atoms with Crippen LogP contribution in [0.2, 0.25) is 0 Å². The number of nitrogens with zero attached hydrogens (tertiary/aromatic N) is 1. The van der Waals surface area contributed by atoms with Gasteiger partial charge in [0.05, 0.1) is 10.8 Å². The van der Waals surface area contributed by atoms with Crippen LogP contribution in [0.25, 0.3) is 0 Å². The molecule has 1 aliphatic heterocycles. The minimum atomic E-state index is -4.23. The van der Waals surface area contributed by atoms with Crippen molar-refractivity contribution in [3.05, 3.63) is 0 Å². The number of likely N-dealkylation sites (tertiary alicyclic amines) is 1. The number of hydrogen-bond donors (Lipinski definition) is 1. The van der Waals surface area contributed by atoms with E-state index in [1.165, 1.54) is 0 Å². The van der Waals surface area contributed by atoms with Gasteiger partial charge in [0.15, 0.2) is 0 Å². The largest absolute Gasteiger partial charge is 0.481 e. The van der Waals surface area contributed by atoms with E-state index in [9.17, 15) is 22.8 Å². The fourth-order valence-electron chi connectivity index (χ4n) is 6.99. The van der Waals surface area contributed by atoms with Crippen LogP contribution < -0.4 is 0 Å². The molecule has 4 aliphatic carbocycles. The zero-order chi connectivity index (χ0) is 19.4. The molecule has 4 saturated carbocycles. The van der Waals surface area contributed by atoms with E-state index in [1.807, 2.05) is 0 Å². The van der Waals surface area contributed by atoms with Crippen LogP contribution in [-0.4, -0.2) is 41.1 Å². The molecular formula is C20H28F3NO3. The minimum Gasteiger partial charge on any atom is -0.481 e. The van der Waals surface area contributed by atoms with Crippen LogP contribution in [0.1, 0.15) is 64.2 Å². The van der Waals surface area contributed by atoms with Crippen LogP contribution >= 0.6 is 0 Å². The first-order valence-corrected chi connectivity index (χ1v) is 10.2. The quantitative estimate of drug-likeness (QED) is 0.785. The Morgan fingerprint density at radius 2 is 1.78 bits per heavy atom. The van der Waals surface area contributed by atoms with Gasteiger partial charge in [-0.3, -0.25) is 9.59 Å². The minimum absolute atomic E-state index is 0.0180. The van der Waals surface area contributed by atoms with Gasteiger partial charge < -0.3 is 10.0 Å². The van der Waals surface area contributed by atoms with Gasteiger partial charge in [0, 0.05) is 19.5 Å². The highest BCUT2D eigenvalue weighted by molar-refractivity contribution is 5.83. The van der Waals surface area contributed by atoms with Gasteiger partial charge in [0.1, 0.15) is 0 Å². The van der Waals surface area contributed by atoms with E-state index in [0.29, 0.717) is 32.4 Å². The first-order chi connectivity index (χ1) is 12.6. The molecule has 0 spiro atoms. The standard InChI is InChI=1S/C20H28F3NO3/c21-20(22,23)19-9-14-6-15(10-19)8-18(7-14,12-19)17(27)24-5-1-2-13(11-24)3-4-16(25)26/h13-15H,1-12H2,(H,25,26). The Bertz CT molecular complexity index is 618. The second-order valence-electron chi connectivity index (χ2n) is 9.71. The summed E-state index contributed by atoms with van der Waals surface area (Å²) in [6.45, 7) is 1.10. The van der Waals surface area contributed by atoms with Crippen LogP contribution in [0.5, 0.6) is 0 Å². The third kappa shape index (κ3) is 3.25. The molecule has 1 N–H and O–H groups in total. The lowest BCUT2D eigenvalue weighted by Crippen LogP contribution is -2.62. The number of carbonyl (C=O) groups is 2. The number of amides is 1. The van der Waals surface area contributed by atoms with E-state index >= 15 is 0 Å². The number of halogens is 3. The van der Waals surface area contributed by atoms with Gasteiger partial charge in [-0.05, 0) is 75.5 Å². The maximum atomic E-state index is 13.9. The van der Waals surface area contributed by atoms with E-state index in [0.717, 1.165) is 19.3 Å². The second kappa shape index (κ2) is 6.38. The van der Waals surface area contributed by atoms with E-state index in [1.54, 1.807) is 4.90 Å². The predicted octanol–water partition coefficient (Wildman–Crippen LogP) is 4.24. The summed E-state index contributed by atoms with van der Waals surface area (Å²) in [4.78, 5) is 26.0. The molecule has 5 rings (SSSR count). The SMILES string of the molecule is O=C(O)CCC1CCCN(C(=O)C23CC4CC(C2)CC(C(F)(F)F)(C4)C3)C1. The summed E-state index contributed by atoms with van der Waals surface area (Å²) in [6.07, 6.45) is 0.496. The number of alkyl halides is 3. The number of carbonyl (C=O) groups excluding carboxylic acids is 1. The highest BCUT2D eigenvalue weighted by Crippen LogP contribution is 2.69. The van der Waals surface area contributed by atoms with E-state index in [-0.39, 0.29) is 49.3 Å². The molecule has 1 saturated heterocycles. The van der Waals surface area contributed by atoms with Crippen LogP contribution in [-0.2, 0) is 9.59 Å². The topological polar surface area (TPSA) is 57.6 Å². The van der Waals surface area contributed by atoms with Crippen LogP contribution in [0.4, 0.5) is 13.2 Å². The molecule has 1 amide bonds. The lowest BCUT2D eigenvalue weighted by atomic mass is 9.43. The number of hydrogen-bond acceptors (Lipinski definition) is 2. The molecule has 3 unspecified atom stereocenters. The van der Waals surface area contributed by atoms with E-state index in [4.69, 9.17) is 5.11 Å². The Morgan fingerprint density at radius 3 is 2.37 bits per heavy atom. The molecule has 27 heavy (non-hydrogen) atoms. The van der Waals surface area contributed by atoms with Gasteiger partial charge in [0.2, 0.25) is 5.91 Å². The highest BCUT2D eigenvalue weighted by atomic mass is 19.4. The molecule has 5 fully saturated rings. The van der Waals surface area contributed by atoms with Crippen molar-refractivity contribution in [1.82, 2.24) is 4.90 Å². The Hall–Kier alpha value is -1.27. The summed E-state index contributed by atoms with van der Waals surface area (Å²) in [5.74, 6) is -0.741. The Balaban J connectivity index is 1.52. The van der Waals surface area contributed by atoms with E-state index < -0.39 is 23.0 Å². The molecule has 0 aromatic rings. The van der Waals surface area contributed by atoms with Crippen molar-refractivity contribution in [2.75, 3.05) is 13.1 Å². The summed E-state index contributed by atoms with van der Waals surface area (Å²) >= 11 is 0. The van der Waals surface area contributed by atoms with Gasteiger partial charge in [-0.15, -0.1) is 0 Å². The monoisotopic (exact) mass is 387 g/mol. The first-order valence-electron chi connectivity index (χ1n) is 10.2. The van der Waals surface area contributed by atoms with Crippen molar-refractivity contribution in [2.24, 2.45) is 28.6 Å². The van der Waals surface area contributed by atoms with Gasteiger partial charge in [-0.1, -0.05) is 0 Å². The zero-order valence-corrected chi connectivity index (χ0v) is 15.6. The van der Waals surface area contributed by atoms with Crippen LogP contribution in [0.15, 0.2) is 0 Å². The average Bonchev–Trinajstić information content (AvgIpc) is 2.57. The lowest BCUT2D eigenvalue weighted by Gasteiger charge is -2.62. The molecule has 0 aromatic carbocycles. The molecule has 1 heterocycles. The summed E-state index contributed by atoms with van der Waals surface area (Å²) < 4.78 is 41.8. The third-order valence-electron chi connectivity index (χ3n) is 7.69. The van der Waals surface area contributed by atoms with E-state index in [2.05, 4.69) is 0 Å². The van der Waals surface area contributed by atoms with Crippen molar-refractivity contribution in [1.29, 1.82) is 0 Å². The fraction of sp³-hybridized carbons (Fsp3) is 0.900. The number of rotatable bonds is 4. The molecule has 0 aromatic heterocycles. The van der Waals surface area contributed by atoms with Gasteiger partial charge in [-0.2, -0.15) is 13.2 Å². The first kappa shape index (κ1) is 19.1. The van der Waals surface area contributed by atoms with Gasteiger partial charge >= 0.3 is 12.1 Å². The molecular weight excluding hydrogens is 359 g/mol. The predicted molar refractivity (Wildman–Crippen MR) is 91.8 cm³/mol. The van der Waals surface area contributed by atoms with Crippen molar-refractivity contribution in [3.8, 4) is 0 Å². The molecule has 0 radical (unpaired) electrons. The molecule has 4 bridgehead atoms. The van der Waals surface area contributed by atoms with Gasteiger partial charge in [0.25, 0.3) is 0 Å².